The van der Waals surface area contributed by atoms with Crippen molar-refractivity contribution in [3.05, 3.63) is 65.2 Å². The van der Waals surface area contributed by atoms with Crippen molar-refractivity contribution in [1.29, 1.82) is 5.26 Å². The summed E-state index contributed by atoms with van der Waals surface area (Å²) in [4.78, 5) is 2.44. The van der Waals surface area contributed by atoms with Crippen molar-refractivity contribution < 1.29 is 0 Å². The third-order valence-corrected chi connectivity index (χ3v) is 3.91. The first kappa shape index (κ1) is 11.8. The summed E-state index contributed by atoms with van der Waals surface area (Å²) in [6.45, 7) is 3.30. The highest BCUT2D eigenvalue weighted by molar-refractivity contribution is 5.59. The molecule has 0 amide bonds. The molecule has 1 aliphatic heterocycles. The number of nitrogens with zero attached hydrogens (tertiary/aromatic N) is 2. The second-order valence-corrected chi connectivity index (χ2v) is 4.98. The van der Waals surface area contributed by atoms with Gasteiger partial charge in [-0.05, 0) is 42.7 Å². The van der Waals surface area contributed by atoms with E-state index in [0.717, 1.165) is 18.5 Å². The Bertz CT molecular complexity index is 622. The number of hydrogen-bond donors (Lipinski definition) is 0. The minimum Gasteiger partial charge on any atom is -0.364 e. The quantitative estimate of drug-likeness (QED) is 0.810. The maximum absolute atomic E-state index is 8.85. The fourth-order valence-electron chi connectivity index (χ4n) is 2.78. The molecular weight excluding hydrogens is 232 g/mol. The van der Waals surface area contributed by atoms with Crippen LogP contribution in [0.3, 0.4) is 0 Å². The summed E-state index contributed by atoms with van der Waals surface area (Å²) in [5.41, 5.74) is 4.76. The van der Waals surface area contributed by atoms with Crippen LogP contribution in [0.4, 0.5) is 5.69 Å². The number of nitriles is 1. The van der Waals surface area contributed by atoms with Gasteiger partial charge in [-0.3, -0.25) is 0 Å². The predicted octanol–water partition coefficient (Wildman–Crippen LogP) is 3.68. The van der Waals surface area contributed by atoms with Crippen LogP contribution in [0, 0.1) is 11.3 Å². The van der Waals surface area contributed by atoms with Crippen LogP contribution in [0.5, 0.6) is 0 Å². The third kappa shape index (κ3) is 2.08. The molecule has 2 heteroatoms. The van der Waals surface area contributed by atoms with E-state index in [0.29, 0.717) is 6.04 Å². The zero-order valence-electron chi connectivity index (χ0n) is 11.0. The summed E-state index contributed by atoms with van der Waals surface area (Å²) in [6, 6.07) is 19.0. The second-order valence-electron chi connectivity index (χ2n) is 4.98. The fourth-order valence-corrected chi connectivity index (χ4v) is 2.78. The topological polar surface area (TPSA) is 27.0 Å². The zero-order valence-corrected chi connectivity index (χ0v) is 11.0. The highest BCUT2D eigenvalue weighted by Crippen LogP contribution is 2.34. The van der Waals surface area contributed by atoms with Gasteiger partial charge in [0.1, 0.15) is 0 Å². The first-order chi connectivity index (χ1) is 9.29. The van der Waals surface area contributed by atoms with Crippen molar-refractivity contribution >= 4 is 5.69 Å². The lowest BCUT2D eigenvalue weighted by Crippen LogP contribution is -2.24. The summed E-state index contributed by atoms with van der Waals surface area (Å²) in [7, 11) is 0. The average Bonchev–Trinajstić information content (AvgIpc) is 2.90. The normalized spacial score (nSPS) is 14.8. The zero-order chi connectivity index (χ0) is 13.2. The maximum atomic E-state index is 8.85. The second kappa shape index (κ2) is 4.78. The van der Waals surface area contributed by atoms with Gasteiger partial charge in [0.25, 0.3) is 0 Å². The van der Waals surface area contributed by atoms with Crippen LogP contribution in [-0.4, -0.2) is 6.54 Å². The highest BCUT2D eigenvalue weighted by atomic mass is 15.2. The van der Waals surface area contributed by atoms with Gasteiger partial charge in [-0.25, -0.2) is 0 Å². The van der Waals surface area contributed by atoms with E-state index in [1.807, 2.05) is 12.1 Å². The molecule has 0 bridgehead atoms. The Morgan fingerprint density at radius 1 is 1.11 bits per heavy atom. The summed E-state index contributed by atoms with van der Waals surface area (Å²) < 4.78 is 0. The van der Waals surface area contributed by atoms with Gasteiger partial charge in [0, 0.05) is 12.2 Å². The molecule has 1 atom stereocenters. The van der Waals surface area contributed by atoms with Crippen LogP contribution in [-0.2, 0) is 6.42 Å². The van der Waals surface area contributed by atoms with Gasteiger partial charge in [-0.1, -0.05) is 30.3 Å². The van der Waals surface area contributed by atoms with Gasteiger partial charge in [-0.15, -0.1) is 0 Å². The smallest absolute Gasteiger partial charge is 0.0991 e. The Kier molecular flexibility index (Phi) is 2.97. The van der Waals surface area contributed by atoms with E-state index < -0.39 is 0 Å². The Morgan fingerprint density at radius 2 is 1.84 bits per heavy atom. The average molecular weight is 248 g/mol. The van der Waals surface area contributed by atoms with Crippen LogP contribution in [0.25, 0.3) is 0 Å². The predicted molar refractivity (Wildman–Crippen MR) is 77.1 cm³/mol. The van der Waals surface area contributed by atoms with Crippen molar-refractivity contribution in [1.82, 2.24) is 0 Å². The Balaban J connectivity index is 1.89. The molecule has 0 saturated carbocycles. The molecule has 94 valence electrons. The van der Waals surface area contributed by atoms with Gasteiger partial charge in [0.15, 0.2) is 0 Å². The molecule has 0 fully saturated rings. The van der Waals surface area contributed by atoms with Crippen LogP contribution in [0.15, 0.2) is 48.5 Å². The molecule has 3 rings (SSSR count). The fraction of sp³-hybridized carbons (Fsp3) is 0.235. The molecule has 0 aromatic heterocycles. The lowest BCUT2D eigenvalue weighted by molar-refractivity contribution is 0.696. The van der Waals surface area contributed by atoms with Crippen LogP contribution in [0.2, 0.25) is 0 Å². The van der Waals surface area contributed by atoms with Crippen molar-refractivity contribution in [2.24, 2.45) is 0 Å². The molecule has 2 aromatic rings. The molecule has 1 aliphatic rings. The largest absolute Gasteiger partial charge is 0.364 e. The van der Waals surface area contributed by atoms with Gasteiger partial charge >= 0.3 is 0 Å². The number of anilines is 1. The SMILES string of the molecule is CC(c1ccc(C#N)cc1)N1CCc2ccccc21. The van der Waals surface area contributed by atoms with Crippen molar-refractivity contribution in [2.45, 2.75) is 19.4 Å². The monoisotopic (exact) mass is 248 g/mol. The van der Waals surface area contributed by atoms with E-state index in [9.17, 15) is 0 Å². The summed E-state index contributed by atoms with van der Waals surface area (Å²) in [5, 5.41) is 8.85. The highest BCUT2D eigenvalue weighted by Gasteiger charge is 2.23. The molecule has 0 N–H and O–H groups in total. The molecule has 2 nitrogen and oxygen atoms in total. The van der Waals surface area contributed by atoms with E-state index in [1.165, 1.54) is 16.8 Å². The van der Waals surface area contributed by atoms with Crippen LogP contribution >= 0.6 is 0 Å². The molecule has 1 heterocycles. The van der Waals surface area contributed by atoms with Crippen LogP contribution in [0.1, 0.15) is 29.7 Å². The molecule has 0 radical (unpaired) electrons. The summed E-state index contributed by atoms with van der Waals surface area (Å²) >= 11 is 0. The van der Waals surface area contributed by atoms with Gasteiger partial charge < -0.3 is 4.90 Å². The number of fused-ring (bicyclic) bond motifs is 1. The molecule has 1 unspecified atom stereocenters. The van der Waals surface area contributed by atoms with Gasteiger partial charge in [0.2, 0.25) is 0 Å². The summed E-state index contributed by atoms with van der Waals surface area (Å²) in [6.07, 6.45) is 1.12. The number of benzene rings is 2. The number of para-hydroxylation sites is 1. The van der Waals surface area contributed by atoms with E-state index in [-0.39, 0.29) is 0 Å². The van der Waals surface area contributed by atoms with Crippen molar-refractivity contribution in [3.63, 3.8) is 0 Å². The minimum atomic E-state index is 0.344. The maximum Gasteiger partial charge on any atom is 0.0991 e. The molecule has 19 heavy (non-hydrogen) atoms. The molecule has 2 aromatic carbocycles. The molecular formula is C17H16N2. The molecule has 0 spiro atoms. The van der Waals surface area contributed by atoms with Crippen molar-refractivity contribution in [3.8, 4) is 6.07 Å². The van der Waals surface area contributed by atoms with E-state index in [1.54, 1.807) is 0 Å². The molecule has 0 aliphatic carbocycles. The Hall–Kier alpha value is -2.27. The standard InChI is InChI=1S/C17H16N2/c1-13(15-8-6-14(12-18)7-9-15)19-11-10-16-4-2-3-5-17(16)19/h2-9,13H,10-11H2,1H3. The van der Waals surface area contributed by atoms with Gasteiger partial charge in [-0.2, -0.15) is 5.26 Å². The third-order valence-electron chi connectivity index (χ3n) is 3.91. The Morgan fingerprint density at radius 3 is 2.58 bits per heavy atom. The van der Waals surface area contributed by atoms with E-state index in [4.69, 9.17) is 5.26 Å². The summed E-state index contributed by atoms with van der Waals surface area (Å²) in [5.74, 6) is 0. The molecule has 0 saturated heterocycles. The van der Waals surface area contributed by atoms with E-state index in [2.05, 4.69) is 54.3 Å². The number of rotatable bonds is 2. The first-order valence-corrected chi connectivity index (χ1v) is 6.64. The Labute approximate surface area is 113 Å². The van der Waals surface area contributed by atoms with Crippen LogP contribution < -0.4 is 4.90 Å². The lowest BCUT2D eigenvalue weighted by Gasteiger charge is -2.27. The van der Waals surface area contributed by atoms with Crippen molar-refractivity contribution in [2.75, 3.05) is 11.4 Å². The minimum absolute atomic E-state index is 0.344. The van der Waals surface area contributed by atoms with Gasteiger partial charge in [0.05, 0.1) is 17.7 Å². The lowest BCUT2D eigenvalue weighted by atomic mass is 10.0. The first-order valence-electron chi connectivity index (χ1n) is 6.64. The number of hydrogen-bond acceptors (Lipinski definition) is 2. The van der Waals surface area contributed by atoms with E-state index >= 15 is 0 Å².